The molecule has 0 saturated carbocycles. The van der Waals surface area contributed by atoms with Crippen LogP contribution in [0.3, 0.4) is 0 Å². The standard InChI is InChI=1S/C19H18ClN5O3/c1-12-18(26)22-19(25-23-12)24-21-10-13-6-7-16(17(9-13)27-2)28-11-14-4-3-5-15(20)8-14/h3-10H,11H2,1-2H3,(H2,22,24,25,26)/b21-10+. The van der Waals surface area contributed by atoms with Gasteiger partial charge in [0.25, 0.3) is 5.56 Å². The lowest BCUT2D eigenvalue weighted by Gasteiger charge is -2.11. The lowest BCUT2D eigenvalue weighted by molar-refractivity contribution is 0.284. The second kappa shape index (κ2) is 9.01. The van der Waals surface area contributed by atoms with Crippen LogP contribution < -0.4 is 20.5 Å². The zero-order valence-electron chi connectivity index (χ0n) is 15.3. The summed E-state index contributed by atoms with van der Waals surface area (Å²) in [6.45, 7) is 1.94. The van der Waals surface area contributed by atoms with E-state index < -0.39 is 0 Å². The number of methoxy groups -OCH3 is 1. The smallest absolute Gasteiger partial charge is 0.274 e. The molecule has 0 saturated heterocycles. The number of nitrogens with zero attached hydrogens (tertiary/aromatic N) is 3. The van der Waals surface area contributed by atoms with Gasteiger partial charge in [-0.25, -0.2) is 5.43 Å². The van der Waals surface area contributed by atoms with Crippen molar-refractivity contribution in [3.63, 3.8) is 0 Å². The molecule has 0 fully saturated rings. The molecule has 0 aliphatic carbocycles. The Morgan fingerprint density at radius 3 is 2.82 bits per heavy atom. The van der Waals surface area contributed by atoms with Crippen LogP contribution in [0.25, 0.3) is 0 Å². The summed E-state index contributed by atoms with van der Waals surface area (Å²) >= 11 is 5.99. The predicted molar refractivity (Wildman–Crippen MR) is 107 cm³/mol. The van der Waals surface area contributed by atoms with E-state index in [0.717, 1.165) is 11.1 Å². The van der Waals surface area contributed by atoms with Gasteiger partial charge >= 0.3 is 0 Å². The van der Waals surface area contributed by atoms with Crippen molar-refractivity contribution in [2.45, 2.75) is 13.5 Å². The zero-order valence-corrected chi connectivity index (χ0v) is 16.0. The lowest BCUT2D eigenvalue weighted by atomic mass is 10.2. The van der Waals surface area contributed by atoms with E-state index in [1.165, 1.54) is 0 Å². The number of halogens is 1. The second-order valence-electron chi connectivity index (χ2n) is 5.79. The summed E-state index contributed by atoms with van der Waals surface area (Å²) in [5.41, 5.74) is 4.30. The number of hydrogen-bond acceptors (Lipinski definition) is 7. The molecule has 3 aromatic rings. The molecular formula is C19H18ClN5O3. The van der Waals surface area contributed by atoms with Gasteiger partial charge in [0.05, 0.1) is 13.3 Å². The monoisotopic (exact) mass is 399 g/mol. The summed E-state index contributed by atoms with van der Waals surface area (Å²) in [6, 6.07) is 12.9. The van der Waals surface area contributed by atoms with Gasteiger partial charge in [0, 0.05) is 5.02 Å². The van der Waals surface area contributed by atoms with Crippen molar-refractivity contribution < 1.29 is 9.47 Å². The van der Waals surface area contributed by atoms with Gasteiger partial charge < -0.3 is 9.47 Å². The highest BCUT2D eigenvalue weighted by Crippen LogP contribution is 2.28. The van der Waals surface area contributed by atoms with Gasteiger partial charge in [0.15, 0.2) is 11.5 Å². The van der Waals surface area contributed by atoms with E-state index >= 15 is 0 Å². The number of hydrogen-bond donors (Lipinski definition) is 2. The van der Waals surface area contributed by atoms with Crippen molar-refractivity contribution in [2.75, 3.05) is 12.5 Å². The maximum atomic E-state index is 11.5. The summed E-state index contributed by atoms with van der Waals surface area (Å²) in [5, 5.41) is 12.2. The molecule has 28 heavy (non-hydrogen) atoms. The molecule has 0 amide bonds. The molecule has 9 heteroatoms. The minimum atomic E-state index is -0.324. The van der Waals surface area contributed by atoms with Crippen molar-refractivity contribution in [1.29, 1.82) is 0 Å². The lowest BCUT2D eigenvalue weighted by Crippen LogP contribution is -2.15. The summed E-state index contributed by atoms with van der Waals surface area (Å²) in [7, 11) is 1.56. The first-order valence-corrected chi connectivity index (χ1v) is 8.71. The van der Waals surface area contributed by atoms with Gasteiger partial charge in [-0.15, -0.1) is 10.2 Å². The molecule has 8 nitrogen and oxygen atoms in total. The number of aryl methyl sites for hydroxylation is 1. The third-order valence-electron chi connectivity index (χ3n) is 3.72. The molecule has 0 atom stereocenters. The number of H-pyrrole nitrogens is 1. The van der Waals surface area contributed by atoms with E-state index in [2.05, 4.69) is 25.7 Å². The van der Waals surface area contributed by atoms with E-state index in [-0.39, 0.29) is 17.2 Å². The Morgan fingerprint density at radius 1 is 1.21 bits per heavy atom. The molecule has 0 radical (unpaired) electrons. The van der Waals surface area contributed by atoms with Crippen LogP contribution in [0.15, 0.2) is 52.4 Å². The maximum Gasteiger partial charge on any atom is 0.274 e. The van der Waals surface area contributed by atoms with Crippen LogP contribution in [0.4, 0.5) is 5.95 Å². The van der Waals surface area contributed by atoms with Crippen LogP contribution in [-0.2, 0) is 6.61 Å². The summed E-state index contributed by atoms with van der Waals surface area (Å²) < 4.78 is 11.2. The Kier molecular flexibility index (Phi) is 6.23. The molecule has 0 spiro atoms. The van der Waals surface area contributed by atoms with Crippen molar-refractivity contribution in [3.8, 4) is 11.5 Å². The Morgan fingerprint density at radius 2 is 2.07 bits per heavy atom. The van der Waals surface area contributed by atoms with Crippen molar-refractivity contribution in [1.82, 2.24) is 15.2 Å². The Labute approximate surface area is 166 Å². The molecule has 1 heterocycles. The average molecular weight is 400 g/mol. The maximum absolute atomic E-state index is 11.5. The van der Waals surface area contributed by atoms with Crippen LogP contribution >= 0.6 is 11.6 Å². The second-order valence-corrected chi connectivity index (χ2v) is 6.22. The van der Waals surface area contributed by atoms with Crippen molar-refractivity contribution in [2.24, 2.45) is 5.10 Å². The quantitative estimate of drug-likeness (QED) is 0.467. The van der Waals surface area contributed by atoms with E-state index in [1.54, 1.807) is 32.4 Å². The number of nitrogens with one attached hydrogen (secondary N) is 2. The number of anilines is 1. The van der Waals surface area contributed by atoms with Crippen molar-refractivity contribution in [3.05, 3.63) is 74.7 Å². The number of ether oxygens (including phenoxy) is 2. The zero-order chi connectivity index (χ0) is 19.9. The molecule has 0 unspecified atom stereocenters. The van der Waals surface area contributed by atoms with Gasteiger partial charge in [0.2, 0.25) is 5.95 Å². The summed E-state index contributed by atoms with van der Waals surface area (Å²) in [5.74, 6) is 1.32. The van der Waals surface area contributed by atoms with E-state index in [0.29, 0.717) is 23.1 Å². The number of aromatic amines is 1. The molecule has 0 aliphatic rings. The Hall–Kier alpha value is -3.39. The highest BCUT2D eigenvalue weighted by molar-refractivity contribution is 6.30. The number of aromatic nitrogens is 3. The SMILES string of the molecule is COc1cc(/C=N/Nc2nnc(C)c(=O)[nH]2)ccc1OCc1cccc(Cl)c1. The van der Waals surface area contributed by atoms with E-state index in [4.69, 9.17) is 21.1 Å². The molecule has 144 valence electrons. The Bertz CT molecular complexity index is 1050. The van der Waals surface area contributed by atoms with Gasteiger partial charge in [-0.2, -0.15) is 5.10 Å². The summed E-state index contributed by atoms with van der Waals surface area (Å²) in [6.07, 6.45) is 1.56. The minimum absolute atomic E-state index is 0.153. The van der Waals surface area contributed by atoms with Gasteiger partial charge in [-0.1, -0.05) is 23.7 Å². The fourth-order valence-electron chi connectivity index (χ4n) is 2.28. The van der Waals surface area contributed by atoms with Gasteiger partial charge in [0.1, 0.15) is 12.3 Å². The largest absolute Gasteiger partial charge is 0.493 e. The molecule has 1 aromatic heterocycles. The predicted octanol–water partition coefficient (Wildman–Crippen LogP) is 3.16. The molecule has 2 N–H and O–H groups in total. The fraction of sp³-hybridized carbons (Fsp3) is 0.158. The molecular weight excluding hydrogens is 382 g/mol. The highest BCUT2D eigenvalue weighted by Gasteiger charge is 2.06. The topological polar surface area (TPSA) is 101 Å². The van der Waals surface area contributed by atoms with E-state index in [9.17, 15) is 4.79 Å². The average Bonchev–Trinajstić information content (AvgIpc) is 2.69. The number of benzene rings is 2. The third-order valence-corrected chi connectivity index (χ3v) is 3.95. The molecule has 2 aromatic carbocycles. The van der Waals surface area contributed by atoms with Gasteiger partial charge in [-0.05, 0) is 48.4 Å². The van der Waals surface area contributed by atoms with E-state index in [1.807, 2.05) is 30.3 Å². The Balaban J connectivity index is 1.66. The number of rotatable bonds is 7. The third kappa shape index (κ3) is 5.08. The first-order valence-electron chi connectivity index (χ1n) is 8.33. The molecule has 3 rings (SSSR count). The first kappa shape index (κ1) is 19.4. The van der Waals surface area contributed by atoms with Crippen LogP contribution in [0.1, 0.15) is 16.8 Å². The van der Waals surface area contributed by atoms with Crippen LogP contribution in [0.5, 0.6) is 11.5 Å². The normalized spacial score (nSPS) is 10.8. The van der Waals surface area contributed by atoms with Crippen LogP contribution in [-0.4, -0.2) is 28.5 Å². The summed E-state index contributed by atoms with van der Waals surface area (Å²) in [4.78, 5) is 14.0. The number of hydrazone groups is 1. The first-order chi connectivity index (χ1) is 13.5. The molecule has 0 bridgehead atoms. The van der Waals surface area contributed by atoms with Crippen molar-refractivity contribution >= 4 is 23.8 Å². The molecule has 0 aliphatic heterocycles. The fourth-order valence-corrected chi connectivity index (χ4v) is 2.50. The highest BCUT2D eigenvalue weighted by atomic mass is 35.5. The van der Waals surface area contributed by atoms with Gasteiger partial charge in [-0.3, -0.25) is 9.78 Å². The minimum Gasteiger partial charge on any atom is -0.493 e. The van der Waals surface area contributed by atoms with Crippen LogP contribution in [0.2, 0.25) is 5.02 Å². The van der Waals surface area contributed by atoms with Crippen LogP contribution in [0, 0.1) is 6.92 Å².